The Labute approximate surface area is 187 Å². The molecule has 0 atom stereocenters. The van der Waals surface area contributed by atoms with Crippen molar-refractivity contribution < 1.29 is 32.3 Å². The Morgan fingerprint density at radius 1 is 1.09 bits per heavy atom. The molecule has 0 fully saturated rings. The van der Waals surface area contributed by atoms with Gasteiger partial charge in [0.1, 0.15) is 5.75 Å². The van der Waals surface area contributed by atoms with Crippen LogP contribution in [0.3, 0.4) is 0 Å². The number of rotatable bonds is 6. The van der Waals surface area contributed by atoms with Crippen molar-refractivity contribution in [2.45, 2.75) is 11.5 Å². The second-order valence-electron chi connectivity index (χ2n) is 6.68. The molecule has 3 amide bonds. The normalized spacial score (nSPS) is 13.3. The van der Waals surface area contributed by atoms with Gasteiger partial charge < -0.3 is 10.1 Å². The summed E-state index contributed by atoms with van der Waals surface area (Å²) >= 11 is 0.991. The van der Waals surface area contributed by atoms with Gasteiger partial charge in [-0.05, 0) is 52.9 Å². The van der Waals surface area contributed by atoms with E-state index in [0.717, 1.165) is 28.8 Å². The number of hydrogen-bond donors (Lipinski definition) is 1. The van der Waals surface area contributed by atoms with Crippen LogP contribution in [0.5, 0.6) is 5.75 Å². The SMILES string of the molecule is CN1C(=O)c2ccc(NC(=O)CSc3nnnn3-c3ccc(OC(F)(F)F)cc3)cc2C1=O. The Hall–Kier alpha value is -3.94. The minimum absolute atomic E-state index is 0.0977. The summed E-state index contributed by atoms with van der Waals surface area (Å²) in [4.78, 5) is 37.4. The number of carbonyl (C=O) groups is 3. The highest BCUT2D eigenvalue weighted by Gasteiger charge is 2.33. The number of aromatic nitrogens is 4. The van der Waals surface area contributed by atoms with Crippen LogP contribution < -0.4 is 10.1 Å². The largest absolute Gasteiger partial charge is 0.573 e. The first-order valence-corrected chi connectivity index (χ1v) is 10.1. The van der Waals surface area contributed by atoms with Gasteiger partial charge >= 0.3 is 6.36 Å². The standard InChI is InChI=1S/C19H13F3N6O4S/c1-27-16(30)13-7-2-10(8-14(13)17(27)31)23-15(29)9-33-18-24-25-26-28(18)11-3-5-12(6-4-11)32-19(20,21)22/h2-8H,9H2,1H3,(H,23,29). The monoisotopic (exact) mass is 478 g/mol. The van der Waals surface area contributed by atoms with Gasteiger partial charge in [-0.1, -0.05) is 11.8 Å². The fourth-order valence-corrected chi connectivity index (χ4v) is 3.68. The van der Waals surface area contributed by atoms with Gasteiger partial charge in [-0.3, -0.25) is 19.3 Å². The van der Waals surface area contributed by atoms with Crippen LogP contribution in [0.25, 0.3) is 5.69 Å². The van der Waals surface area contributed by atoms with Crippen LogP contribution in [0, 0.1) is 0 Å². The van der Waals surface area contributed by atoms with Crippen molar-refractivity contribution in [3.8, 4) is 11.4 Å². The molecule has 4 rings (SSSR count). The third kappa shape index (κ3) is 4.79. The van der Waals surface area contributed by atoms with Crippen molar-refractivity contribution in [1.29, 1.82) is 0 Å². The Kier molecular flexibility index (Phi) is 5.76. The zero-order valence-corrected chi connectivity index (χ0v) is 17.5. The maximum absolute atomic E-state index is 12.3. The number of benzene rings is 2. The molecule has 1 aliphatic rings. The van der Waals surface area contributed by atoms with Crippen molar-refractivity contribution in [2.24, 2.45) is 0 Å². The van der Waals surface area contributed by atoms with Crippen LogP contribution in [0.2, 0.25) is 0 Å². The number of ether oxygens (including phenoxy) is 1. The highest BCUT2D eigenvalue weighted by Crippen LogP contribution is 2.26. The average Bonchev–Trinajstić information content (AvgIpc) is 3.31. The number of imide groups is 1. The molecule has 2 heterocycles. The van der Waals surface area contributed by atoms with E-state index >= 15 is 0 Å². The van der Waals surface area contributed by atoms with Gasteiger partial charge in [0.15, 0.2) is 0 Å². The fourth-order valence-electron chi connectivity index (χ4n) is 2.99. The van der Waals surface area contributed by atoms with Crippen LogP contribution in [0.1, 0.15) is 20.7 Å². The summed E-state index contributed by atoms with van der Waals surface area (Å²) in [5.41, 5.74) is 1.18. The van der Waals surface area contributed by atoms with Crippen molar-refractivity contribution in [1.82, 2.24) is 25.1 Å². The van der Waals surface area contributed by atoms with Crippen LogP contribution >= 0.6 is 11.8 Å². The van der Waals surface area contributed by atoms with Gasteiger partial charge in [0.05, 0.1) is 22.6 Å². The second kappa shape index (κ2) is 8.54. The lowest BCUT2D eigenvalue weighted by Gasteiger charge is -2.09. The van der Waals surface area contributed by atoms with E-state index in [1.165, 1.54) is 42.1 Å². The molecular weight excluding hydrogens is 465 g/mol. The molecule has 1 aliphatic heterocycles. The second-order valence-corrected chi connectivity index (χ2v) is 7.62. The number of tetrazole rings is 1. The summed E-state index contributed by atoms with van der Waals surface area (Å²) in [7, 11) is 1.38. The predicted octanol–water partition coefficient (Wildman–Crippen LogP) is 2.52. The summed E-state index contributed by atoms with van der Waals surface area (Å²) in [5.74, 6) is -1.78. The van der Waals surface area contributed by atoms with Crippen molar-refractivity contribution in [3.05, 3.63) is 53.6 Å². The van der Waals surface area contributed by atoms with Gasteiger partial charge in [-0.25, -0.2) is 0 Å². The summed E-state index contributed by atoms with van der Waals surface area (Å²) in [5, 5.41) is 14.0. The van der Waals surface area contributed by atoms with E-state index in [4.69, 9.17) is 0 Å². The van der Waals surface area contributed by atoms with Crippen molar-refractivity contribution in [3.63, 3.8) is 0 Å². The summed E-state index contributed by atoms with van der Waals surface area (Å²) in [6.07, 6.45) is -4.80. The molecule has 170 valence electrons. The molecule has 2 aromatic carbocycles. The van der Waals surface area contributed by atoms with Crippen LogP contribution in [0.15, 0.2) is 47.6 Å². The lowest BCUT2D eigenvalue weighted by atomic mass is 10.1. The van der Waals surface area contributed by atoms with Crippen molar-refractivity contribution >= 4 is 35.2 Å². The molecule has 14 heteroatoms. The maximum Gasteiger partial charge on any atom is 0.573 e. The Bertz CT molecular complexity index is 1250. The molecule has 0 spiro atoms. The Morgan fingerprint density at radius 3 is 2.48 bits per heavy atom. The van der Waals surface area contributed by atoms with Crippen LogP contribution in [0.4, 0.5) is 18.9 Å². The number of nitrogens with one attached hydrogen (secondary N) is 1. The number of alkyl halides is 3. The molecule has 0 aliphatic carbocycles. The summed E-state index contributed by atoms with van der Waals surface area (Å²) in [6.45, 7) is 0. The zero-order valence-electron chi connectivity index (χ0n) is 16.7. The first-order valence-electron chi connectivity index (χ1n) is 9.16. The average molecular weight is 478 g/mol. The van der Waals surface area contributed by atoms with Crippen LogP contribution in [-0.4, -0.2) is 62.0 Å². The van der Waals surface area contributed by atoms with E-state index in [0.29, 0.717) is 11.4 Å². The minimum atomic E-state index is -4.80. The van der Waals surface area contributed by atoms with Crippen molar-refractivity contribution in [2.75, 3.05) is 18.1 Å². The van der Waals surface area contributed by atoms with E-state index in [1.54, 1.807) is 0 Å². The quantitative estimate of drug-likeness (QED) is 0.424. The summed E-state index contributed by atoms with van der Waals surface area (Å²) in [6, 6.07) is 9.31. The molecule has 3 aromatic rings. The third-order valence-electron chi connectivity index (χ3n) is 4.46. The molecule has 0 saturated carbocycles. The number of hydrogen-bond acceptors (Lipinski definition) is 8. The van der Waals surface area contributed by atoms with Crippen LogP contribution in [-0.2, 0) is 4.79 Å². The first kappa shape index (κ1) is 22.3. The molecule has 0 saturated heterocycles. The van der Waals surface area contributed by atoms with Gasteiger partial charge in [0.2, 0.25) is 11.1 Å². The smallest absolute Gasteiger partial charge is 0.406 e. The molecule has 1 N–H and O–H groups in total. The van der Waals surface area contributed by atoms with Gasteiger partial charge in [0.25, 0.3) is 11.8 Å². The topological polar surface area (TPSA) is 119 Å². The number of amides is 3. The number of fused-ring (bicyclic) bond motifs is 1. The van der Waals surface area contributed by atoms with Gasteiger partial charge in [0, 0.05) is 12.7 Å². The van der Waals surface area contributed by atoms with Gasteiger partial charge in [-0.2, -0.15) is 4.68 Å². The van der Waals surface area contributed by atoms with E-state index < -0.39 is 29.8 Å². The highest BCUT2D eigenvalue weighted by atomic mass is 32.2. The van der Waals surface area contributed by atoms with E-state index in [1.807, 2.05) is 0 Å². The van der Waals surface area contributed by atoms with E-state index in [9.17, 15) is 27.6 Å². The Balaban J connectivity index is 1.39. The number of halogens is 3. The van der Waals surface area contributed by atoms with E-state index in [-0.39, 0.29) is 22.0 Å². The Morgan fingerprint density at radius 2 is 1.79 bits per heavy atom. The molecule has 0 unspecified atom stereocenters. The molecule has 33 heavy (non-hydrogen) atoms. The fraction of sp³-hybridized carbons (Fsp3) is 0.158. The maximum atomic E-state index is 12.3. The number of anilines is 1. The lowest BCUT2D eigenvalue weighted by molar-refractivity contribution is -0.274. The molecule has 10 nitrogen and oxygen atoms in total. The van der Waals surface area contributed by atoms with Gasteiger partial charge in [-0.15, -0.1) is 18.3 Å². The van der Waals surface area contributed by atoms with E-state index in [2.05, 4.69) is 25.6 Å². The molecule has 1 aromatic heterocycles. The lowest BCUT2D eigenvalue weighted by Crippen LogP contribution is -2.24. The zero-order chi connectivity index (χ0) is 23.8. The number of thioether (sulfide) groups is 1. The summed E-state index contributed by atoms with van der Waals surface area (Å²) < 4.78 is 42.0. The number of nitrogens with zero attached hydrogens (tertiary/aromatic N) is 5. The minimum Gasteiger partial charge on any atom is -0.406 e. The molecule has 0 radical (unpaired) electrons. The highest BCUT2D eigenvalue weighted by molar-refractivity contribution is 7.99. The third-order valence-corrected chi connectivity index (χ3v) is 5.38. The molecule has 0 bridgehead atoms. The molecular formula is C19H13F3N6O4S. The number of carbonyl (C=O) groups excluding carboxylic acids is 3. The first-order chi connectivity index (χ1) is 15.6. The predicted molar refractivity (Wildman–Crippen MR) is 108 cm³/mol.